The number of nitro groups is 1. The number of nitrogens with one attached hydrogen (secondary N) is 1. The molecule has 5 nitrogen and oxygen atoms in total. The molecule has 0 fully saturated rings. The van der Waals surface area contributed by atoms with Crippen LogP contribution in [0.15, 0.2) is 36.4 Å². The minimum Gasteiger partial charge on any atom is -0.447 e. The van der Waals surface area contributed by atoms with Gasteiger partial charge in [-0.3, -0.25) is 10.1 Å². The molecule has 0 spiro atoms. The average molecular weight is 280 g/mol. The van der Waals surface area contributed by atoms with Crippen molar-refractivity contribution in [3.8, 4) is 11.5 Å². The van der Waals surface area contributed by atoms with E-state index in [-0.39, 0.29) is 17.1 Å². The first kappa shape index (κ1) is 13.7. The van der Waals surface area contributed by atoms with E-state index in [2.05, 4.69) is 5.32 Å². The van der Waals surface area contributed by atoms with Crippen LogP contribution in [0.25, 0.3) is 0 Å². The third-order valence-corrected chi connectivity index (χ3v) is 2.56. The van der Waals surface area contributed by atoms with Crippen molar-refractivity contribution < 1.29 is 18.4 Å². The second-order valence-corrected chi connectivity index (χ2v) is 3.84. The van der Waals surface area contributed by atoms with E-state index in [1.165, 1.54) is 25.2 Å². The molecule has 0 aliphatic carbocycles. The van der Waals surface area contributed by atoms with Crippen LogP contribution in [-0.4, -0.2) is 12.0 Å². The van der Waals surface area contributed by atoms with Crippen molar-refractivity contribution in [1.29, 1.82) is 0 Å². The van der Waals surface area contributed by atoms with Gasteiger partial charge >= 0.3 is 5.69 Å². The van der Waals surface area contributed by atoms with Gasteiger partial charge in [0.1, 0.15) is 11.5 Å². The Bertz CT molecular complexity index is 662. The number of para-hydroxylation sites is 1. The first-order valence-corrected chi connectivity index (χ1v) is 5.61. The third-order valence-electron chi connectivity index (χ3n) is 2.56. The van der Waals surface area contributed by atoms with E-state index in [0.29, 0.717) is 0 Å². The van der Waals surface area contributed by atoms with E-state index in [1.807, 2.05) is 0 Å². The second kappa shape index (κ2) is 5.52. The summed E-state index contributed by atoms with van der Waals surface area (Å²) in [4.78, 5) is 10.4. The van der Waals surface area contributed by atoms with Gasteiger partial charge in [-0.1, -0.05) is 6.07 Å². The zero-order valence-corrected chi connectivity index (χ0v) is 10.4. The molecule has 0 heterocycles. The predicted molar refractivity (Wildman–Crippen MR) is 69.1 cm³/mol. The van der Waals surface area contributed by atoms with Crippen LogP contribution in [0.5, 0.6) is 11.5 Å². The van der Waals surface area contributed by atoms with E-state index < -0.39 is 22.3 Å². The highest BCUT2D eigenvalue weighted by molar-refractivity contribution is 5.68. The largest absolute Gasteiger partial charge is 0.447 e. The zero-order chi connectivity index (χ0) is 14.7. The quantitative estimate of drug-likeness (QED) is 0.685. The van der Waals surface area contributed by atoms with Gasteiger partial charge in [-0.25, -0.2) is 8.78 Å². The van der Waals surface area contributed by atoms with Crippen LogP contribution in [0.2, 0.25) is 0 Å². The molecule has 0 saturated carbocycles. The Hall–Kier alpha value is -2.70. The van der Waals surface area contributed by atoms with Crippen molar-refractivity contribution in [2.75, 3.05) is 12.4 Å². The standard InChI is InChI=1S/C13H10F2N2O3/c1-16-10-3-2-4-11(13(10)17(18)19)20-12-7-8(14)5-6-9(12)15/h2-7,16H,1H3. The van der Waals surface area contributed by atoms with Gasteiger partial charge < -0.3 is 10.1 Å². The van der Waals surface area contributed by atoms with Crippen LogP contribution in [0.1, 0.15) is 0 Å². The molecule has 0 saturated heterocycles. The molecule has 1 N–H and O–H groups in total. The summed E-state index contributed by atoms with van der Waals surface area (Å²) in [6.07, 6.45) is 0. The number of nitro benzene ring substituents is 1. The summed E-state index contributed by atoms with van der Waals surface area (Å²) in [7, 11) is 1.51. The first-order chi connectivity index (χ1) is 9.52. The molecule has 104 valence electrons. The molecular formula is C13H10F2N2O3. The number of benzene rings is 2. The van der Waals surface area contributed by atoms with E-state index in [9.17, 15) is 18.9 Å². The number of hydrogen-bond donors (Lipinski definition) is 1. The number of ether oxygens (including phenoxy) is 1. The number of hydrogen-bond acceptors (Lipinski definition) is 4. The van der Waals surface area contributed by atoms with Crippen molar-refractivity contribution in [1.82, 2.24) is 0 Å². The van der Waals surface area contributed by atoms with Crippen molar-refractivity contribution in [3.63, 3.8) is 0 Å². The highest BCUT2D eigenvalue weighted by Gasteiger charge is 2.21. The molecular weight excluding hydrogens is 270 g/mol. The van der Waals surface area contributed by atoms with Crippen LogP contribution in [0.4, 0.5) is 20.2 Å². The molecule has 0 radical (unpaired) electrons. The monoisotopic (exact) mass is 280 g/mol. The predicted octanol–water partition coefficient (Wildman–Crippen LogP) is 3.71. The Kier molecular flexibility index (Phi) is 3.79. The molecule has 2 rings (SSSR count). The molecule has 20 heavy (non-hydrogen) atoms. The molecule has 0 bridgehead atoms. The van der Waals surface area contributed by atoms with Crippen molar-refractivity contribution in [2.45, 2.75) is 0 Å². The lowest BCUT2D eigenvalue weighted by Crippen LogP contribution is -2.00. The van der Waals surface area contributed by atoms with Gasteiger partial charge in [0, 0.05) is 13.1 Å². The number of anilines is 1. The Morgan fingerprint density at radius 1 is 1.20 bits per heavy atom. The summed E-state index contributed by atoms with van der Waals surface area (Å²) < 4.78 is 31.7. The minimum atomic E-state index is -0.810. The third kappa shape index (κ3) is 2.66. The summed E-state index contributed by atoms with van der Waals surface area (Å²) in [5, 5.41) is 13.7. The first-order valence-electron chi connectivity index (χ1n) is 5.61. The minimum absolute atomic E-state index is 0.175. The van der Waals surface area contributed by atoms with Crippen molar-refractivity contribution in [3.05, 3.63) is 58.1 Å². The Balaban J connectivity index is 2.48. The van der Waals surface area contributed by atoms with E-state index in [0.717, 1.165) is 18.2 Å². The fraction of sp³-hybridized carbons (Fsp3) is 0.0769. The normalized spacial score (nSPS) is 10.2. The molecule has 2 aromatic rings. The number of nitrogens with zero attached hydrogens (tertiary/aromatic N) is 1. The summed E-state index contributed by atoms with van der Waals surface area (Å²) in [5.74, 6) is -2.10. The summed E-state index contributed by atoms with van der Waals surface area (Å²) >= 11 is 0. The van der Waals surface area contributed by atoms with Crippen LogP contribution in [0, 0.1) is 21.7 Å². The molecule has 0 unspecified atom stereocenters. The van der Waals surface area contributed by atoms with Crippen LogP contribution < -0.4 is 10.1 Å². The van der Waals surface area contributed by atoms with Crippen LogP contribution in [0.3, 0.4) is 0 Å². The Morgan fingerprint density at radius 2 is 1.95 bits per heavy atom. The lowest BCUT2D eigenvalue weighted by Gasteiger charge is -2.09. The molecule has 0 aromatic heterocycles. The SMILES string of the molecule is CNc1cccc(Oc2cc(F)ccc2F)c1[N+](=O)[O-]. The lowest BCUT2D eigenvalue weighted by atomic mass is 10.2. The van der Waals surface area contributed by atoms with Gasteiger partial charge in [0.15, 0.2) is 11.6 Å². The lowest BCUT2D eigenvalue weighted by molar-refractivity contribution is -0.384. The summed E-state index contributed by atoms with van der Waals surface area (Å²) in [5.41, 5.74) is -0.136. The average Bonchev–Trinajstić information content (AvgIpc) is 2.42. The topological polar surface area (TPSA) is 64.4 Å². The Labute approximate surface area is 113 Å². The van der Waals surface area contributed by atoms with E-state index in [1.54, 1.807) is 0 Å². The van der Waals surface area contributed by atoms with E-state index >= 15 is 0 Å². The van der Waals surface area contributed by atoms with Gasteiger partial charge in [0.25, 0.3) is 0 Å². The van der Waals surface area contributed by atoms with Crippen molar-refractivity contribution in [2.24, 2.45) is 0 Å². The molecule has 2 aromatic carbocycles. The molecule has 7 heteroatoms. The fourth-order valence-electron chi connectivity index (χ4n) is 1.67. The van der Waals surface area contributed by atoms with Crippen LogP contribution in [-0.2, 0) is 0 Å². The van der Waals surface area contributed by atoms with Gasteiger partial charge in [0.2, 0.25) is 5.75 Å². The van der Waals surface area contributed by atoms with Gasteiger partial charge in [0.05, 0.1) is 4.92 Å². The number of rotatable bonds is 4. The molecule has 0 amide bonds. The fourth-order valence-corrected chi connectivity index (χ4v) is 1.67. The summed E-state index contributed by atoms with van der Waals surface area (Å²) in [6.45, 7) is 0. The molecule has 0 aliphatic rings. The van der Waals surface area contributed by atoms with Gasteiger partial charge in [-0.2, -0.15) is 0 Å². The van der Waals surface area contributed by atoms with Crippen molar-refractivity contribution >= 4 is 11.4 Å². The Morgan fingerprint density at radius 3 is 2.60 bits per heavy atom. The highest BCUT2D eigenvalue weighted by Crippen LogP contribution is 2.37. The number of halogens is 2. The molecule has 0 aliphatic heterocycles. The highest BCUT2D eigenvalue weighted by atomic mass is 19.1. The second-order valence-electron chi connectivity index (χ2n) is 3.84. The zero-order valence-electron chi connectivity index (χ0n) is 10.4. The maximum absolute atomic E-state index is 13.5. The van der Waals surface area contributed by atoms with Gasteiger partial charge in [-0.15, -0.1) is 0 Å². The maximum atomic E-state index is 13.5. The maximum Gasteiger partial charge on any atom is 0.334 e. The smallest absolute Gasteiger partial charge is 0.334 e. The van der Waals surface area contributed by atoms with E-state index in [4.69, 9.17) is 4.74 Å². The van der Waals surface area contributed by atoms with Crippen LogP contribution >= 0.6 is 0 Å². The van der Waals surface area contributed by atoms with Gasteiger partial charge in [-0.05, 0) is 24.3 Å². The molecule has 0 atom stereocenters. The summed E-state index contributed by atoms with van der Waals surface area (Å²) in [6, 6.07) is 6.94.